The van der Waals surface area contributed by atoms with Crippen molar-refractivity contribution in [1.82, 2.24) is 14.5 Å². The Hall–Kier alpha value is -1.20. The topological polar surface area (TPSA) is 56.7 Å². The Labute approximate surface area is 92.8 Å². The van der Waals surface area contributed by atoms with Gasteiger partial charge in [0, 0.05) is 37.3 Å². The Kier molecular flexibility index (Phi) is 3.13. The predicted octanol–water partition coefficient (Wildman–Crippen LogP) is 1.51. The fourth-order valence-electron chi connectivity index (χ4n) is 1.47. The minimum atomic E-state index is 0.0212. The van der Waals surface area contributed by atoms with E-state index in [1.165, 1.54) is 0 Å². The first-order valence-electron chi connectivity index (χ1n) is 4.87. The van der Waals surface area contributed by atoms with E-state index < -0.39 is 0 Å². The van der Waals surface area contributed by atoms with Crippen molar-refractivity contribution in [1.29, 1.82) is 0 Å². The molecule has 0 aromatic carbocycles. The van der Waals surface area contributed by atoms with Crippen molar-refractivity contribution in [3.63, 3.8) is 0 Å². The number of aromatic nitrogens is 3. The van der Waals surface area contributed by atoms with Crippen LogP contribution in [0.1, 0.15) is 24.0 Å². The van der Waals surface area contributed by atoms with Gasteiger partial charge in [-0.25, -0.2) is 9.97 Å². The van der Waals surface area contributed by atoms with Crippen LogP contribution in [0.15, 0.2) is 23.3 Å². The van der Waals surface area contributed by atoms with E-state index >= 15 is 0 Å². The third-order valence-corrected chi connectivity index (χ3v) is 3.04. The molecule has 4 nitrogen and oxygen atoms in total. The van der Waals surface area contributed by atoms with Gasteiger partial charge in [0.1, 0.15) is 5.82 Å². The maximum absolute atomic E-state index is 6.01. The molecule has 0 bridgehead atoms. The van der Waals surface area contributed by atoms with Crippen LogP contribution in [0.2, 0.25) is 0 Å². The molecule has 2 heterocycles. The smallest absolute Gasteiger partial charge is 0.108 e. The number of nitrogens with zero attached hydrogens (tertiary/aromatic N) is 3. The van der Waals surface area contributed by atoms with Crippen molar-refractivity contribution in [3.8, 4) is 0 Å². The van der Waals surface area contributed by atoms with Crippen LogP contribution in [0.4, 0.5) is 0 Å². The van der Waals surface area contributed by atoms with Crippen molar-refractivity contribution in [2.45, 2.75) is 18.9 Å². The molecule has 2 rings (SSSR count). The quantitative estimate of drug-likeness (QED) is 0.853. The molecule has 1 atom stereocenters. The summed E-state index contributed by atoms with van der Waals surface area (Å²) >= 11 is 1.58. The minimum absolute atomic E-state index is 0.0212. The lowest BCUT2D eigenvalue weighted by atomic mass is 10.1. The third kappa shape index (κ3) is 2.43. The van der Waals surface area contributed by atoms with Crippen LogP contribution in [-0.2, 0) is 13.5 Å². The van der Waals surface area contributed by atoms with Crippen molar-refractivity contribution in [3.05, 3.63) is 34.8 Å². The molecule has 1 unspecified atom stereocenters. The fraction of sp³-hybridized carbons (Fsp3) is 0.400. The lowest BCUT2D eigenvalue weighted by Gasteiger charge is -2.08. The van der Waals surface area contributed by atoms with Crippen LogP contribution in [0.25, 0.3) is 0 Å². The van der Waals surface area contributed by atoms with E-state index in [9.17, 15) is 0 Å². The Morgan fingerprint density at radius 2 is 2.40 bits per heavy atom. The van der Waals surface area contributed by atoms with E-state index in [4.69, 9.17) is 5.73 Å². The molecule has 0 radical (unpaired) electrons. The monoisotopic (exact) mass is 222 g/mol. The summed E-state index contributed by atoms with van der Waals surface area (Å²) in [6, 6.07) is 0.0212. The van der Waals surface area contributed by atoms with Gasteiger partial charge < -0.3 is 10.3 Å². The lowest BCUT2D eigenvalue weighted by Crippen LogP contribution is -2.12. The summed E-state index contributed by atoms with van der Waals surface area (Å²) in [5.41, 5.74) is 8.81. The molecule has 0 aliphatic rings. The van der Waals surface area contributed by atoms with Crippen LogP contribution in [0.3, 0.4) is 0 Å². The van der Waals surface area contributed by atoms with Crippen molar-refractivity contribution >= 4 is 11.3 Å². The van der Waals surface area contributed by atoms with Crippen molar-refractivity contribution < 1.29 is 0 Å². The van der Waals surface area contributed by atoms with E-state index in [1.807, 2.05) is 34.9 Å². The number of hydrogen-bond acceptors (Lipinski definition) is 4. The molecule has 0 aliphatic heterocycles. The van der Waals surface area contributed by atoms with Crippen molar-refractivity contribution in [2.75, 3.05) is 0 Å². The standard InChI is InChI=1S/C10H14N4S/c1-14-5-4-12-10(14)3-2-8(11)9-6-15-7-13-9/h4-8H,2-3,11H2,1H3. The van der Waals surface area contributed by atoms with Gasteiger partial charge in [0.05, 0.1) is 11.2 Å². The van der Waals surface area contributed by atoms with Gasteiger partial charge in [-0.05, 0) is 6.42 Å². The van der Waals surface area contributed by atoms with Crippen molar-refractivity contribution in [2.24, 2.45) is 12.8 Å². The number of nitrogens with two attached hydrogens (primary N) is 1. The molecule has 80 valence electrons. The molecule has 5 heteroatoms. The molecule has 0 spiro atoms. The van der Waals surface area contributed by atoms with Gasteiger partial charge in [0.25, 0.3) is 0 Å². The average Bonchev–Trinajstić information content (AvgIpc) is 2.85. The van der Waals surface area contributed by atoms with Crippen LogP contribution in [0.5, 0.6) is 0 Å². The summed E-state index contributed by atoms with van der Waals surface area (Å²) in [6.07, 6.45) is 5.53. The average molecular weight is 222 g/mol. The molecule has 0 saturated heterocycles. The highest BCUT2D eigenvalue weighted by Crippen LogP contribution is 2.15. The van der Waals surface area contributed by atoms with Gasteiger partial charge >= 0.3 is 0 Å². The number of imidazole rings is 1. The largest absolute Gasteiger partial charge is 0.338 e. The Balaban J connectivity index is 1.91. The first-order chi connectivity index (χ1) is 7.27. The molecule has 0 amide bonds. The summed E-state index contributed by atoms with van der Waals surface area (Å²) < 4.78 is 2.02. The summed E-state index contributed by atoms with van der Waals surface area (Å²) in [5.74, 6) is 1.07. The fourth-order valence-corrected chi connectivity index (χ4v) is 2.09. The van der Waals surface area contributed by atoms with E-state index in [1.54, 1.807) is 11.3 Å². The highest BCUT2D eigenvalue weighted by Gasteiger charge is 2.09. The Morgan fingerprint density at radius 3 is 3.00 bits per heavy atom. The maximum atomic E-state index is 6.01. The van der Waals surface area contributed by atoms with E-state index in [0.29, 0.717) is 0 Å². The van der Waals surface area contributed by atoms with Crippen LogP contribution < -0.4 is 5.73 Å². The van der Waals surface area contributed by atoms with Gasteiger partial charge in [0.2, 0.25) is 0 Å². The third-order valence-electron chi connectivity index (χ3n) is 2.43. The second-order valence-electron chi connectivity index (χ2n) is 3.51. The van der Waals surface area contributed by atoms with E-state index in [-0.39, 0.29) is 6.04 Å². The van der Waals surface area contributed by atoms with Gasteiger partial charge in [0.15, 0.2) is 0 Å². The van der Waals surface area contributed by atoms with Gasteiger partial charge in [-0.1, -0.05) is 0 Å². The molecule has 2 aromatic rings. The zero-order chi connectivity index (χ0) is 10.7. The Morgan fingerprint density at radius 1 is 1.53 bits per heavy atom. The first kappa shape index (κ1) is 10.3. The SMILES string of the molecule is Cn1ccnc1CCC(N)c1cscn1. The molecule has 0 fully saturated rings. The summed E-state index contributed by atoms with van der Waals surface area (Å²) in [5, 5.41) is 2.00. The predicted molar refractivity (Wildman–Crippen MR) is 60.6 cm³/mol. The van der Waals surface area contributed by atoms with Crippen LogP contribution in [-0.4, -0.2) is 14.5 Å². The minimum Gasteiger partial charge on any atom is -0.338 e. The number of hydrogen-bond donors (Lipinski definition) is 1. The molecular weight excluding hydrogens is 208 g/mol. The highest BCUT2D eigenvalue weighted by molar-refractivity contribution is 7.07. The Bertz CT molecular complexity index is 407. The number of thiazole rings is 1. The normalized spacial score (nSPS) is 12.9. The maximum Gasteiger partial charge on any atom is 0.108 e. The van der Waals surface area contributed by atoms with Gasteiger partial charge in [-0.15, -0.1) is 11.3 Å². The van der Waals surface area contributed by atoms with Gasteiger partial charge in [-0.2, -0.15) is 0 Å². The highest BCUT2D eigenvalue weighted by atomic mass is 32.1. The number of aryl methyl sites for hydroxylation is 2. The zero-order valence-electron chi connectivity index (χ0n) is 8.63. The second kappa shape index (κ2) is 4.55. The molecule has 2 N–H and O–H groups in total. The summed E-state index contributed by atoms with van der Waals surface area (Å²) in [6.45, 7) is 0. The van der Waals surface area contributed by atoms with E-state index in [0.717, 1.165) is 24.4 Å². The zero-order valence-corrected chi connectivity index (χ0v) is 9.44. The molecule has 0 saturated carbocycles. The lowest BCUT2D eigenvalue weighted by molar-refractivity contribution is 0.610. The number of rotatable bonds is 4. The van der Waals surface area contributed by atoms with E-state index in [2.05, 4.69) is 9.97 Å². The molecular formula is C10H14N4S. The van der Waals surface area contributed by atoms with Crippen LogP contribution >= 0.6 is 11.3 Å². The molecule has 2 aromatic heterocycles. The second-order valence-corrected chi connectivity index (χ2v) is 4.23. The van der Waals surface area contributed by atoms with Crippen LogP contribution in [0, 0.1) is 0 Å². The summed E-state index contributed by atoms with van der Waals surface area (Å²) in [7, 11) is 2.00. The van der Waals surface area contributed by atoms with Gasteiger partial charge in [-0.3, -0.25) is 0 Å². The molecule has 15 heavy (non-hydrogen) atoms. The summed E-state index contributed by atoms with van der Waals surface area (Å²) in [4.78, 5) is 8.46. The first-order valence-corrected chi connectivity index (χ1v) is 5.81. The molecule has 0 aliphatic carbocycles.